The second-order valence-electron chi connectivity index (χ2n) is 3.20. The minimum atomic E-state index is -4.28. The lowest BCUT2D eigenvalue weighted by Crippen LogP contribution is -2.30. The van der Waals surface area contributed by atoms with E-state index in [1.807, 2.05) is 0 Å². The molecule has 0 spiro atoms. The van der Waals surface area contributed by atoms with Gasteiger partial charge >= 0.3 is 6.18 Å². The molecule has 0 fully saturated rings. The van der Waals surface area contributed by atoms with Gasteiger partial charge in [-0.25, -0.2) is 0 Å². The first-order valence-electron chi connectivity index (χ1n) is 4.36. The Kier molecular flexibility index (Phi) is 3.85. The SMILES string of the molecule is CN(CCC(F)(F)F)C(=O)c1ccoc1Cl. The van der Waals surface area contributed by atoms with E-state index in [2.05, 4.69) is 4.42 Å². The molecule has 0 unspecified atom stereocenters. The van der Waals surface area contributed by atoms with Crippen LogP contribution in [0.25, 0.3) is 0 Å². The molecule has 1 rings (SSSR count). The number of carbonyl (C=O) groups excluding carboxylic acids is 1. The Morgan fingerprint density at radius 1 is 1.56 bits per heavy atom. The fourth-order valence-corrected chi connectivity index (χ4v) is 1.24. The normalized spacial score (nSPS) is 11.6. The van der Waals surface area contributed by atoms with E-state index in [0.717, 1.165) is 4.90 Å². The fourth-order valence-electron chi connectivity index (χ4n) is 1.05. The molecule has 0 N–H and O–H groups in total. The molecule has 7 heteroatoms. The lowest BCUT2D eigenvalue weighted by molar-refractivity contribution is -0.136. The molecule has 0 aliphatic carbocycles. The highest BCUT2D eigenvalue weighted by Crippen LogP contribution is 2.21. The molecule has 1 aromatic heterocycles. The Labute approximate surface area is 94.8 Å². The van der Waals surface area contributed by atoms with Gasteiger partial charge in [-0.15, -0.1) is 0 Å². The zero-order valence-corrected chi connectivity index (χ0v) is 9.10. The van der Waals surface area contributed by atoms with Crippen LogP contribution in [-0.2, 0) is 0 Å². The van der Waals surface area contributed by atoms with Crippen LogP contribution >= 0.6 is 11.6 Å². The van der Waals surface area contributed by atoms with Crippen molar-refractivity contribution < 1.29 is 22.4 Å². The van der Waals surface area contributed by atoms with E-state index in [9.17, 15) is 18.0 Å². The van der Waals surface area contributed by atoms with E-state index in [0.29, 0.717) is 0 Å². The van der Waals surface area contributed by atoms with Gasteiger partial charge in [0.2, 0.25) is 5.22 Å². The van der Waals surface area contributed by atoms with Gasteiger partial charge in [-0.1, -0.05) is 0 Å². The van der Waals surface area contributed by atoms with Crippen molar-refractivity contribution in [2.24, 2.45) is 0 Å². The smallest absolute Gasteiger partial charge is 0.390 e. The van der Waals surface area contributed by atoms with Gasteiger partial charge in [0.15, 0.2) is 0 Å². The van der Waals surface area contributed by atoms with Crippen LogP contribution in [0.15, 0.2) is 16.7 Å². The van der Waals surface area contributed by atoms with Gasteiger partial charge in [-0.2, -0.15) is 13.2 Å². The number of alkyl halides is 3. The van der Waals surface area contributed by atoms with Crippen molar-refractivity contribution >= 4 is 17.5 Å². The van der Waals surface area contributed by atoms with Crippen molar-refractivity contribution in [2.45, 2.75) is 12.6 Å². The molecule has 0 bridgehead atoms. The summed E-state index contributed by atoms with van der Waals surface area (Å²) < 4.78 is 40.4. The zero-order valence-electron chi connectivity index (χ0n) is 8.34. The number of halogens is 4. The van der Waals surface area contributed by atoms with E-state index in [1.165, 1.54) is 19.4 Å². The number of hydrogen-bond donors (Lipinski definition) is 0. The van der Waals surface area contributed by atoms with Crippen molar-refractivity contribution in [2.75, 3.05) is 13.6 Å². The zero-order chi connectivity index (χ0) is 12.3. The quantitative estimate of drug-likeness (QED) is 0.832. The third kappa shape index (κ3) is 3.44. The van der Waals surface area contributed by atoms with Gasteiger partial charge in [0.05, 0.1) is 18.2 Å². The van der Waals surface area contributed by atoms with Crippen LogP contribution in [0.2, 0.25) is 5.22 Å². The van der Waals surface area contributed by atoms with Gasteiger partial charge in [-0.3, -0.25) is 4.79 Å². The van der Waals surface area contributed by atoms with Crippen LogP contribution < -0.4 is 0 Å². The summed E-state index contributed by atoms with van der Waals surface area (Å²) in [5.74, 6) is -0.594. The summed E-state index contributed by atoms with van der Waals surface area (Å²) in [4.78, 5) is 12.5. The van der Waals surface area contributed by atoms with Gasteiger partial charge in [0.25, 0.3) is 5.91 Å². The van der Waals surface area contributed by atoms with Crippen molar-refractivity contribution in [1.82, 2.24) is 4.90 Å². The summed E-state index contributed by atoms with van der Waals surface area (Å²) in [6, 6.07) is 1.31. The summed E-state index contributed by atoms with van der Waals surface area (Å²) >= 11 is 5.53. The maximum Gasteiger partial charge on any atom is 0.390 e. The molecule has 0 saturated heterocycles. The predicted octanol–water partition coefficient (Wildman–Crippen LogP) is 2.96. The molecule has 0 radical (unpaired) electrons. The second kappa shape index (κ2) is 4.78. The number of carbonyl (C=O) groups is 1. The number of amides is 1. The maximum absolute atomic E-state index is 11.9. The summed E-state index contributed by atoms with van der Waals surface area (Å²) in [7, 11) is 1.28. The first-order valence-corrected chi connectivity index (χ1v) is 4.74. The van der Waals surface area contributed by atoms with Gasteiger partial charge in [0, 0.05) is 13.6 Å². The van der Waals surface area contributed by atoms with Crippen LogP contribution in [0.5, 0.6) is 0 Å². The first-order chi connectivity index (χ1) is 7.31. The van der Waals surface area contributed by atoms with E-state index < -0.39 is 25.0 Å². The van der Waals surface area contributed by atoms with E-state index in [4.69, 9.17) is 11.6 Å². The molecule has 1 aromatic rings. The number of furan rings is 1. The van der Waals surface area contributed by atoms with Crippen molar-refractivity contribution in [3.8, 4) is 0 Å². The Morgan fingerprint density at radius 2 is 2.19 bits per heavy atom. The second-order valence-corrected chi connectivity index (χ2v) is 3.54. The van der Waals surface area contributed by atoms with Crippen LogP contribution in [0, 0.1) is 0 Å². The molecule has 0 aliphatic rings. The Hall–Kier alpha value is -1.17. The standard InChI is InChI=1S/C9H9ClF3NO2/c1-14(4-3-9(11,12)13)8(15)6-2-5-16-7(6)10/h2,5H,3-4H2,1H3. The van der Waals surface area contributed by atoms with Crippen LogP contribution in [-0.4, -0.2) is 30.6 Å². The molecular weight excluding hydrogens is 247 g/mol. The third-order valence-corrected chi connectivity index (χ3v) is 2.22. The topological polar surface area (TPSA) is 33.5 Å². The van der Waals surface area contributed by atoms with Gasteiger partial charge < -0.3 is 9.32 Å². The van der Waals surface area contributed by atoms with Gasteiger partial charge in [-0.05, 0) is 17.7 Å². The number of rotatable bonds is 3. The molecule has 90 valence electrons. The largest absolute Gasteiger partial charge is 0.452 e. The minimum absolute atomic E-state index is 0.0614. The van der Waals surface area contributed by atoms with E-state index >= 15 is 0 Å². The molecule has 1 heterocycles. The molecule has 3 nitrogen and oxygen atoms in total. The average molecular weight is 256 g/mol. The molecule has 16 heavy (non-hydrogen) atoms. The lowest BCUT2D eigenvalue weighted by Gasteiger charge is -2.17. The fraction of sp³-hybridized carbons (Fsp3) is 0.444. The minimum Gasteiger partial charge on any atom is -0.452 e. The van der Waals surface area contributed by atoms with Crippen LogP contribution in [0.1, 0.15) is 16.8 Å². The highest BCUT2D eigenvalue weighted by Gasteiger charge is 2.28. The Balaban J connectivity index is 2.59. The van der Waals surface area contributed by atoms with Crippen LogP contribution in [0.3, 0.4) is 0 Å². The average Bonchev–Trinajstić information content (AvgIpc) is 2.58. The summed E-state index contributed by atoms with van der Waals surface area (Å²) in [6.45, 7) is -0.413. The monoisotopic (exact) mass is 255 g/mol. The lowest BCUT2D eigenvalue weighted by atomic mass is 10.3. The summed E-state index contributed by atoms with van der Waals surface area (Å²) in [5, 5.41) is -0.121. The van der Waals surface area contributed by atoms with Crippen molar-refractivity contribution in [3.63, 3.8) is 0 Å². The summed E-state index contributed by atoms with van der Waals surface area (Å²) in [6.07, 6.45) is -4.13. The number of nitrogens with zero attached hydrogens (tertiary/aromatic N) is 1. The van der Waals surface area contributed by atoms with Crippen molar-refractivity contribution in [1.29, 1.82) is 0 Å². The first kappa shape index (κ1) is 12.9. The Morgan fingerprint density at radius 3 is 2.62 bits per heavy atom. The van der Waals surface area contributed by atoms with Crippen molar-refractivity contribution in [3.05, 3.63) is 23.1 Å². The number of hydrogen-bond acceptors (Lipinski definition) is 2. The van der Waals surface area contributed by atoms with E-state index in [1.54, 1.807) is 0 Å². The molecular formula is C9H9ClF3NO2. The maximum atomic E-state index is 11.9. The van der Waals surface area contributed by atoms with Crippen LogP contribution in [0.4, 0.5) is 13.2 Å². The van der Waals surface area contributed by atoms with E-state index in [-0.39, 0.29) is 10.8 Å². The highest BCUT2D eigenvalue weighted by molar-refractivity contribution is 6.32. The molecule has 0 saturated carbocycles. The molecule has 0 atom stereocenters. The third-order valence-electron chi connectivity index (χ3n) is 1.93. The highest BCUT2D eigenvalue weighted by atomic mass is 35.5. The molecule has 0 aromatic carbocycles. The predicted molar refractivity (Wildman–Crippen MR) is 51.4 cm³/mol. The Bertz CT molecular complexity index is 375. The molecule has 0 aliphatic heterocycles. The molecule has 1 amide bonds. The summed E-state index contributed by atoms with van der Waals surface area (Å²) in [5.41, 5.74) is 0.0614. The van der Waals surface area contributed by atoms with Gasteiger partial charge in [0.1, 0.15) is 0 Å².